The van der Waals surface area contributed by atoms with E-state index in [0.29, 0.717) is 19.0 Å². The molecule has 8 nitrogen and oxygen atoms in total. The van der Waals surface area contributed by atoms with Crippen LogP contribution in [-0.4, -0.2) is 46.2 Å². The van der Waals surface area contributed by atoms with Gasteiger partial charge in [-0.15, -0.1) is 0 Å². The highest BCUT2D eigenvalue weighted by Crippen LogP contribution is 2.30. The molecule has 0 atom stereocenters. The number of aryl methyl sites for hydroxylation is 2. The molecular weight excluding hydrogens is 404 g/mol. The van der Waals surface area contributed by atoms with Crippen molar-refractivity contribution in [1.82, 2.24) is 19.9 Å². The van der Waals surface area contributed by atoms with Crippen LogP contribution in [0.1, 0.15) is 11.3 Å². The Hall–Kier alpha value is -3.78. The Labute approximate surface area is 186 Å². The van der Waals surface area contributed by atoms with Gasteiger partial charge in [-0.05, 0) is 55.8 Å². The first-order chi connectivity index (χ1) is 15.7. The van der Waals surface area contributed by atoms with Crippen molar-refractivity contribution >= 4 is 28.2 Å². The molecule has 0 aliphatic carbocycles. The Balaban J connectivity index is 1.39. The molecule has 32 heavy (non-hydrogen) atoms. The van der Waals surface area contributed by atoms with Gasteiger partial charge in [0.1, 0.15) is 29.5 Å². The van der Waals surface area contributed by atoms with Gasteiger partial charge < -0.3 is 19.7 Å². The largest absolute Gasteiger partial charge is 0.455 e. The maximum atomic E-state index is 5.98. The topological polar surface area (TPSA) is 85.3 Å². The summed E-state index contributed by atoms with van der Waals surface area (Å²) < 4.78 is 11.4. The van der Waals surface area contributed by atoms with Crippen molar-refractivity contribution in [3.63, 3.8) is 0 Å². The van der Waals surface area contributed by atoms with Crippen molar-refractivity contribution in [2.75, 3.05) is 36.5 Å². The van der Waals surface area contributed by atoms with Gasteiger partial charge in [-0.1, -0.05) is 0 Å². The van der Waals surface area contributed by atoms with Gasteiger partial charge in [0.25, 0.3) is 0 Å². The number of morpholine rings is 1. The van der Waals surface area contributed by atoms with Crippen LogP contribution in [0.2, 0.25) is 0 Å². The molecule has 1 N–H and O–H groups in total. The second kappa shape index (κ2) is 8.76. The summed E-state index contributed by atoms with van der Waals surface area (Å²) in [7, 11) is 0. The summed E-state index contributed by atoms with van der Waals surface area (Å²) in [5.74, 6) is 3.14. The van der Waals surface area contributed by atoms with E-state index in [0.717, 1.165) is 58.3 Å². The highest BCUT2D eigenvalue weighted by Gasteiger charge is 2.15. The highest BCUT2D eigenvalue weighted by atomic mass is 16.5. The van der Waals surface area contributed by atoms with Gasteiger partial charge in [0, 0.05) is 29.9 Å². The number of nitrogens with zero attached hydrogens (tertiary/aromatic N) is 5. The average Bonchev–Trinajstić information content (AvgIpc) is 2.83. The second-order valence-corrected chi connectivity index (χ2v) is 7.72. The van der Waals surface area contributed by atoms with Gasteiger partial charge in [0.05, 0.1) is 31.1 Å². The standard InChI is InChI=1S/C24H24N6O2/c1-16-11-18(4-6-22(16)32-19-5-3-17(2)25-13-19)29-24-20-12-23(30-7-9-31-10-8-30)26-14-21(20)27-15-28-24/h3-6,11-15H,7-10H2,1-2H3,(H,27,28,29). The minimum Gasteiger partial charge on any atom is -0.455 e. The zero-order valence-corrected chi connectivity index (χ0v) is 18.1. The maximum absolute atomic E-state index is 5.98. The molecule has 1 saturated heterocycles. The molecule has 0 spiro atoms. The first kappa shape index (κ1) is 20.1. The molecule has 0 radical (unpaired) electrons. The Morgan fingerprint density at radius 1 is 0.938 bits per heavy atom. The smallest absolute Gasteiger partial charge is 0.145 e. The van der Waals surface area contributed by atoms with Gasteiger partial charge in [-0.3, -0.25) is 4.98 Å². The van der Waals surface area contributed by atoms with Gasteiger partial charge in [-0.25, -0.2) is 15.0 Å². The Kier molecular flexibility index (Phi) is 5.51. The van der Waals surface area contributed by atoms with Gasteiger partial charge in [-0.2, -0.15) is 0 Å². The van der Waals surface area contributed by atoms with Crippen LogP contribution < -0.4 is 15.0 Å². The molecule has 0 saturated carbocycles. The first-order valence-electron chi connectivity index (χ1n) is 10.6. The summed E-state index contributed by atoms with van der Waals surface area (Å²) in [5.41, 5.74) is 3.67. The quantitative estimate of drug-likeness (QED) is 0.500. The lowest BCUT2D eigenvalue weighted by Crippen LogP contribution is -2.36. The molecule has 5 rings (SSSR count). The number of nitrogens with one attached hydrogen (secondary N) is 1. The van der Waals surface area contributed by atoms with Crippen LogP contribution in [0.25, 0.3) is 10.9 Å². The van der Waals surface area contributed by atoms with E-state index in [9.17, 15) is 0 Å². The number of ether oxygens (including phenoxy) is 2. The van der Waals surface area contributed by atoms with Crippen molar-refractivity contribution in [3.8, 4) is 11.5 Å². The fourth-order valence-electron chi connectivity index (χ4n) is 3.63. The van der Waals surface area contributed by atoms with Crippen molar-refractivity contribution in [2.24, 2.45) is 0 Å². The number of fused-ring (bicyclic) bond motifs is 1. The zero-order valence-electron chi connectivity index (χ0n) is 18.1. The molecule has 162 valence electrons. The fourth-order valence-corrected chi connectivity index (χ4v) is 3.63. The van der Waals surface area contributed by atoms with Gasteiger partial charge in [0.2, 0.25) is 0 Å². The summed E-state index contributed by atoms with van der Waals surface area (Å²) in [6.45, 7) is 7.04. The molecule has 1 aliphatic heterocycles. The van der Waals surface area contributed by atoms with E-state index < -0.39 is 0 Å². The Morgan fingerprint density at radius 3 is 2.59 bits per heavy atom. The van der Waals surface area contributed by atoms with Crippen LogP contribution in [0, 0.1) is 13.8 Å². The zero-order chi connectivity index (χ0) is 21.9. The van der Waals surface area contributed by atoms with E-state index in [1.807, 2.05) is 50.2 Å². The summed E-state index contributed by atoms with van der Waals surface area (Å²) >= 11 is 0. The Bertz CT molecular complexity index is 1240. The SMILES string of the molecule is Cc1ccc(Oc2ccc(Nc3ncnc4cnc(N5CCOCC5)cc34)cc2C)cn1. The molecule has 4 aromatic rings. The number of hydrogen-bond acceptors (Lipinski definition) is 8. The number of benzene rings is 1. The minimum absolute atomic E-state index is 0.711. The lowest BCUT2D eigenvalue weighted by atomic mass is 10.2. The van der Waals surface area contributed by atoms with E-state index in [4.69, 9.17) is 9.47 Å². The van der Waals surface area contributed by atoms with Crippen LogP contribution in [0.5, 0.6) is 11.5 Å². The van der Waals surface area contributed by atoms with E-state index in [-0.39, 0.29) is 0 Å². The second-order valence-electron chi connectivity index (χ2n) is 7.72. The fraction of sp³-hybridized carbons (Fsp3) is 0.250. The van der Waals surface area contributed by atoms with Crippen molar-refractivity contribution in [3.05, 3.63) is 66.4 Å². The predicted molar refractivity (Wildman–Crippen MR) is 124 cm³/mol. The number of aromatic nitrogens is 4. The maximum Gasteiger partial charge on any atom is 0.145 e. The van der Waals surface area contributed by atoms with E-state index >= 15 is 0 Å². The Morgan fingerprint density at radius 2 is 1.81 bits per heavy atom. The summed E-state index contributed by atoms with van der Waals surface area (Å²) in [6, 6.07) is 11.8. The van der Waals surface area contributed by atoms with Crippen molar-refractivity contribution in [1.29, 1.82) is 0 Å². The number of pyridine rings is 2. The number of anilines is 3. The third-order valence-corrected chi connectivity index (χ3v) is 5.39. The molecule has 3 aromatic heterocycles. The molecular formula is C24H24N6O2. The molecule has 0 bridgehead atoms. The van der Waals surface area contributed by atoms with Gasteiger partial charge in [0.15, 0.2) is 0 Å². The van der Waals surface area contributed by atoms with Crippen LogP contribution in [0.15, 0.2) is 55.1 Å². The third-order valence-electron chi connectivity index (χ3n) is 5.39. The molecule has 1 aromatic carbocycles. The minimum atomic E-state index is 0.711. The summed E-state index contributed by atoms with van der Waals surface area (Å²) in [5, 5.41) is 4.35. The summed E-state index contributed by atoms with van der Waals surface area (Å²) in [4.78, 5) is 19.9. The normalized spacial score (nSPS) is 13.9. The average molecular weight is 428 g/mol. The third kappa shape index (κ3) is 4.31. The molecule has 0 amide bonds. The van der Waals surface area contributed by atoms with Gasteiger partial charge >= 0.3 is 0 Å². The van der Waals surface area contributed by atoms with E-state index in [1.165, 1.54) is 0 Å². The molecule has 0 unspecified atom stereocenters. The van der Waals surface area contributed by atoms with E-state index in [2.05, 4.69) is 30.2 Å². The van der Waals surface area contributed by atoms with Crippen LogP contribution >= 0.6 is 0 Å². The molecule has 4 heterocycles. The lowest BCUT2D eigenvalue weighted by Gasteiger charge is -2.27. The summed E-state index contributed by atoms with van der Waals surface area (Å²) in [6.07, 6.45) is 5.08. The lowest BCUT2D eigenvalue weighted by molar-refractivity contribution is 0.122. The van der Waals surface area contributed by atoms with Crippen LogP contribution in [-0.2, 0) is 4.74 Å². The van der Waals surface area contributed by atoms with Crippen molar-refractivity contribution < 1.29 is 9.47 Å². The predicted octanol–water partition coefficient (Wildman–Crippen LogP) is 4.41. The number of rotatable bonds is 5. The first-order valence-corrected chi connectivity index (χ1v) is 10.6. The molecule has 8 heteroatoms. The highest BCUT2D eigenvalue weighted by molar-refractivity contribution is 5.91. The van der Waals surface area contributed by atoms with Crippen molar-refractivity contribution in [2.45, 2.75) is 13.8 Å². The van der Waals surface area contributed by atoms with E-state index in [1.54, 1.807) is 18.7 Å². The number of hydrogen-bond donors (Lipinski definition) is 1. The molecule has 1 aliphatic rings. The van der Waals surface area contributed by atoms with Crippen LogP contribution in [0.3, 0.4) is 0 Å². The monoisotopic (exact) mass is 428 g/mol. The molecule has 1 fully saturated rings. The van der Waals surface area contributed by atoms with Crippen LogP contribution in [0.4, 0.5) is 17.3 Å².